The number of aromatic nitrogens is 5. The van der Waals surface area contributed by atoms with Crippen LogP contribution in [-0.2, 0) is 19.4 Å². The lowest BCUT2D eigenvalue weighted by molar-refractivity contribution is 0.332. The standard InChI is InChI=1S/C18H18N6O/c25-16-7-13-3-1-5-15(13)22-24(16)10-12-8-23(9-12)18-14-4-2-6-19-17(14)20-11-21-18/h2,4,6-7,11-12H,1,3,5,8-10H2. The Hall–Kier alpha value is -2.83. The number of aryl methyl sites for hydroxylation is 2. The van der Waals surface area contributed by atoms with Crippen molar-refractivity contribution in [3.05, 3.63) is 52.3 Å². The molecule has 3 aromatic rings. The normalized spacial score (nSPS) is 16.9. The number of anilines is 1. The van der Waals surface area contributed by atoms with Gasteiger partial charge in [-0.25, -0.2) is 19.6 Å². The van der Waals surface area contributed by atoms with Gasteiger partial charge in [0.25, 0.3) is 5.56 Å². The highest BCUT2D eigenvalue weighted by Crippen LogP contribution is 2.28. The molecule has 0 amide bonds. The first-order valence-electron chi connectivity index (χ1n) is 8.68. The van der Waals surface area contributed by atoms with Gasteiger partial charge in [-0.05, 0) is 37.0 Å². The molecule has 0 N–H and O–H groups in total. The van der Waals surface area contributed by atoms with Gasteiger partial charge in [-0.3, -0.25) is 4.79 Å². The molecular weight excluding hydrogens is 316 g/mol. The second kappa shape index (κ2) is 5.61. The van der Waals surface area contributed by atoms with Gasteiger partial charge in [0, 0.05) is 31.3 Å². The highest BCUT2D eigenvalue weighted by molar-refractivity contribution is 5.86. The molecule has 7 heteroatoms. The van der Waals surface area contributed by atoms with Crippen molar-refractivity contribution in [3.63, 3.8) is 0 Å². The molecule has 0 atom stereocenters. The van der Waals surface area contributed by atoms with Crippen LogP contribution in [0.15, 0.2) is 35.5 Å². The maximum absolute atomic E-state index is 12.2. The number of fused-ring (bicyclic) bond motifs is 2. The van der Waals surface area contributed by atoms with Crippen LogP contribution in [0, 0.1) is 5.92 Å². The van der Waals surface area contributed by atoms with Crippen molar-refractivity contribution >= 4 is 16.9 Å². The van der Waals surface area contributed by atoms with Crippen molar-refractivity contribution in [1.82, 2.24) is 24.7 Å². The van der Waals surface area contributed by atoms with E-state index in [-0.39, 0.29) is 5.56 Å². The first-order chi connectivity index (χ1) is 12.3. The molecule has 0 unspecified atom stereocenters. The maximum Gasteiger partial charge on any atom is 0.267 e. The first kappa shape index (κ1) is 14.5. The molecule has 0 saturated carbocycles. The van der Waals surface area contributed by atoms with E-state index in [2.05, 4.69) is 25.0 Å². The summed E-state index contributed by atoms with van der Waals surface area (Å²) >= 11 is 0. The van der Waals surface area contributed by atoms with Gasteiger partial charge >= 0.3 is 0 Å². The van der Waals surface area contributed by atoms with Gasteiger partial charge in [-0.1, -0.05) is 0 Å². The van der Waals surface area contributed by atoms with Crippen LogP contribution in [0.1, 0.15) is 17.7 Å². The van der Waals surface area contributed by atoms with Gasteiger partial charge in [0.15, 0.2) is 5.65 Å². The minimum absolute atomic E-state index is 0.0239. The monoisotopic (exact) mass is 334 g/mol. The Morgan fingerprint density at radius 1 is 1.16 bits per heavy atom. The Morgan fingerprint density at radius 2 is 2.08 bits per heavy atom. The third-order valence-corrected chi connectivity index (χ3v) is 5.10. The van der Waals surface area contributed by atoms with E-state index in [1.807, 2.05) is 12.1 Å². The molecule has 1 aliphatic carbocycles. The fourth-order valence-electron chi connectivity index (χ4n) is 3.81. The van der Waals surface area contributed by atoms with E-state index in [0.29, 0.717) is 18.1 Å². The molecular formula is C18H18N6O. The van der Waals surface area contributed by atoms with Crippen molar-refractivity contribution < 1.29 is 0 Å². The van der Waals surface area contributed by atoms with Crippen LogP contribution < -0.4 is 10.5 Å². The van der Waals surface area contributed by atoms with E-state index in [4.69, 9.17) is 0 Å². The Bertz CT molecular complexity index is 1000. The predicted molar refractivity (Wildman–Crippen MR) is 93.6 cm³/mol. The van der Waals surface area contributed by atoms with Gasteiger partial charge in [0.1, 0.15) is 12.1 Å². The lowest BCUT2D eigenvalue weighted by atomic mass is 10.00. The minimum atomic E-state index is 0.0239. The van der Waals surface area contributed by atoms with E-state index >= 15 is 0 Å². The fraction of sp³-hybridized carbons (Fsp3) is 0.389. The molecule has 1 fully saturated rings. The van der Waals surface area contributed by atoms with Crippen molar-refractivity contribution in [2.75, 3.05) is 18.0 Å². The highest BCUT2D eigenvalue weighted by Gasteiger charge is 2.30. The Labute approximate surface area is 144 Å². The van der Waals surface area contributed by atoms with Crippen LogP contribution in [0.3, 0.4) is 0 Å². The maximum atomic E-state index is 12.2. The molecule has 126 valence electrons. The highest BCUT2D eigenvalue weighted by atomic mass is 16.1. The molecule has 0 radical (unpaired) electrons. The Balaban J connectivity index is 1.33. The lowest BCUT2D eigenvalue weighted by Crippen LogP contribution is -2.50. The average Bonchev–Trinajstić information content (AvgIpc) is 3.04. The van der Waals surface area contributed by atoms with Crippen LogP contribution in [0.4, 0.5) is 5.82 Å². The summed E-state index contributed by atoms with van der Waals surface area (Å²) in [6.07, 6.45) is 6.39. The smallest absolute Gasteiger partial charge is 0.267 e. The molecule has 0 aromatic carbocycles. The molecule has 4 heterocycles. The number of hydrogen-bond acceptors (Lipinski definition) is 6. The van der Waals surface area contributed by atoms with Crippen LogP contribution >= 0.6 is 0 Å². The van der Waals surface area contributed by atoms with E-state index < -0.39 is 0 Å². The predicted octanol–water partition coefficient (Wildman–Crippen LogP) is 1.21. The lowest BCUT2D eigenvalue weighted by Gasteiger charge is -2.40. The van der Waals surface area contributed by atoms with Gasteiger partial charge in [0.2, 0.25) is 0 Å². The third-order valence-electron chi connectivity index (χ3n) is 5.10. The molecule has 0 spiro atoms. The summed E-state index contributed by atoms with van der Waals surface area (Å²) in [5.74, 6) is 1.33. The van der Waals surface area contributed by atoms with Crippen LogP contribution in [0.5, 0.6) is 0 Å². The molecule has 0 bridgehead atoms. The summed E-state index contributed by atoms with van der Waals surface area (Å²) in [7, 11) is 0. The largest absolute Gasteiger partial charge is 0.355 e. The van der Waals surface area contributed by atoms with Crippen molar-refractivity contribution in [2.24, 2.45) is 5.92 Å². The van der Waals surface area contributed by atoms with E-state index in [1.165, 1.54) is 0 Å². The minimum Gasteiger partial charge on any atom is -0.355 e. The molecule has 5 rings (SSSR count). The Morgan fingerprint density at radius 3 is 3.00 bits per heavy atom. The average molecular weight is 334 g/mol. The number of rotatable bonds is 3. The molecule has 25 heavy (non-hydrogen) atoms. The zero-order chi connectivity index (χ0) is 16.8. The number of nitrogens with zero attached hydrogens (tertiary/aromatic N) is 6. The SMILES string of the molecule is O=c1cc2c(nn1CC1CN(c3ncnc4ncccc34)C1)CCC2. The summed E-state index contributed by atoms with van der Waals surface area (Å²) in [5, 5.41) is 5.54. The quantitative estimate of drug-likeness (QED) is 0.716. The summed E-state index contributed by atoms with van der Waals surface area (Å²) < 4.78 is 1.64. The summed E-state index contributed by atoms with van der Waals surface area (Å²) in [6, 6.07) is 5.67. The van der Waals surface area contributed by atoms with E-state index in [9.17, 15) is 4.79 Å². The van der Waals surface area contributed by atoms with Gasteiger partial charge in [-0.15, -0.1) is 0 Å². The Kier molecular flexibility index (Phi) is 3.26. The van der Waals surface area contributed by atoms with Crippen molar-refractivity contribution in [3.8, 4) is 0 Å². The first-order valence-corrected chi connectivity index (χ1v) is 8.68. The summed E-state index contributed by atoms with van der Waals surface area (Å²) in [4.78, 5) is 27.4. The van der Waals surface area contributed by atoms with E-state index in [0.717, 1.165) is 54.8 Å². The van der Waals surface area contributed by atoms with Crippen LogP contribution in [-0.4, -0.2) is 37.8 Å². The van der Waals surface area contributed by atoms with Crippen molar-refractivity contribution in [2.45, 2.75) is 25.8 Å². The van der Waals surface area contributed by atoms with Crippen LogP contribution in [0.25, 0.3) is 11.0 Å². The second-order valence-corrected chi connectivity index (χ2v) is 6.83. The van der Waals surface area contributed by atoms with E-state index in [1.54, 1.807) is 23.3 Å². The summed E-state index contributed by atoms with van der Waals surface area (Å²) in [6.45, 7) is 2.41. The van der Waals surface area contributed by atoms with Crippen molar-refractivity contribution in [1.29, 1.82) is 0 Å². The number of hydrogen-bond donors (Lipinski definition) is 0. The summed E-state index contributed by atoms with van der Waals surface area (Å²) in [5.41, 5.74) is 2.98. The molecule has 3 aromatic heterocycles. The van der Waals surface area contributed by atoms with Gasteiger partial charge in [-0.2, -0.15) is 5.10 Å². The van der Waals surface area contributed by atoms with Gasteiger partial charge < -0.3 is 4.90 Å². The zero-order valence-corrected chi connectivity index (χ0v) is 13.8. The topological polar surface area (TPSA) is 76.8 Å². The van der Waals surface area contributed by atoms with Gasteiger partial charge in [0.05, 0.1) is 17.6 Å². The molecule has 7 nitrogen and oxygen atoms in total. The molecule has 2 aliphatic rings. The molecule has 1 aliphatic heterocycles. The second-order valence-electron chi connectivity index (χ2n) is 6.83. The fourth-order valence-corrected chi connectivity index (χ4v) is 3.81. The molecule has 1 saturated heterocycles. The zero-order valence-electron chi connectivity index (χ0n) is 13.8. The number of pyridine rings is 1. The third kappa shape index (κ3) is 2.47. The van der Waals surface area contributed by atoms with Crippen LogP contribution in [0.2, 0.25) is 0 Å².